The van der Waals surface area contributed by atoms with Crippen LogP contribution >= 0.6 is 0 Å². The number of hydrogen-bond acceptors (Lipinski definition) is 6. The number of rotatable bonds is 10. The maximum absolute atomic E-state index is 12.8. The second-order valence-electron chi connectivity index (χ2n) is 8.35. The molecular weight excluding hydrogens is 448 g/mol. The van der Waals surface area contributed by atoms with Crippen molar-refractivity contribution in [3.8, 4) is 5.75 Å². The van der Waals surface area contributed by atoms with Gasteiger partial charge in [-0.05, 0) is 55.0 Å². The summed E-state index contributed by atoms with van der Waals surface area (Å²) in [6, 6.07) is 14.8. The normalized spacial score (nSPS) is 13.3. The number of carbonyl (C=O) groups excluding carboxylic acids is 3. The van der Waals surface area contributed by atoms with Gasteiger partial charge in [0.2, 0.25) is 11.8 Å². The zero-order valence-corrected chi connectivity index (χ0v) is 20.7. The van der Waals surface area contributed by atoms with Crippen LogP contribution in [0.25, 0.3) is 0 Å². The van der Waals surface area contributed by atoms with Crippen molar-refractivity contribution in [1.82, 2.24) is 9.80 Å². The lowest BCUT2D eigenvalue weighted by Gasteiger charge is -2.36. The van der Waals surface area contributed by atoms with Crippen LogP contribution < -0.4 is 15.0 Å². The van der Waals surface area contributed by atoms with Crippen molar-refractivity contribution in [3.63, 3.8) is 0 Å². The lowest BCUT2D eigenvalue weighted by molar-refractivity contribution is -0.138. The van der Waals surface area contributed by atoms with Crippen molar-refractivity contribution in [2.24, 2.45) is 0 Å². The fourth-order valence-electron chi connectivity index (χ4n) is 3.99. The molecular formula is C26H34N4O5. The lowest BCUT2D eigenvalue weighted by Crippen LogP contribution is -2.48. The number of carbonyl (C=O) groups is 3. The molecule has 0 aliphatic carbocycles. The molecule has 0 unspecified atom stereocenters. The van der Waals surface area contributed by atoms with Crippen LogP contribution in [0.15, 0.2) is 48.5 Å². The number of amides is 3. The second-order valence-corrected chi connectivity index (χ2v) is 8.35. The molecule has 188 valence electrons. The molecule has 0 saturated carbocycles. The number of methoxy groups -OCH3 is 2. The van der Waals surface area contributed by atoms with Gasteiger partial charge < -0.3 is 29.5 Å². The summed E-state index contributed by atoms with van der Waals surface area (Å²) in [7, 11) is 3.06. The molecule has 0 atom stereocenters. The Bertz CT molecular complexity index is 986. The second kappa shape index (κ2) is 12.8. The van der Waals surface area contributed by atoms with Crippen LogP contribution in [0.3, 0.4) is 0 Å². The molecule has 9 heteroatoms. The quantitative estimate of drug-likeness (QED) is 0.560. The Hall–Kier alpha value is -3.59. The van der Waals surface area contributed by atoms with E-state index in [-0.39, 0.29) is 30.9 Å². The van der Waals surface area contributed by atoms with Crippen LogP contribution in [-0.2, 0) is 14.3 Å². The van der Waals surface area contributed by atoms with Gasteiger partial charge in [-0.2, -0.15) is 0 Å². The van der Waals surface area contributed by atoms with Crippen molar-refractivity contribution < 1.29 is 23.9 Å². The van der Waals surface area contributed by atoms with Gasteiger partial charge in [-0.25, -0.2) is 0 Å². The summed E-state index contributed by atoms with van der Waals surface area (Å²) in [6.45, 7) is 5.11. The molecule has 0 radical (unpaired) electrons. The minimum absolute atomic E-state index is 0.0119. The minimum Gasteiger partial charge on any atom is -0.497 e. The Kier molecular flexibility index (Phi) is 9.48. The highest BCUT2D eigenvalue weighted by atomic mass is 16.5. The van der Waals surface area contributed by atoms with E-state index in [9.17, 15) is 14.4 Å². The van der Waals surface area contributed by atoms with Crippen LogP contribution in [0.2, 0.25) is 0 Å². The summed E-state index contributed by atoms with van der Waals surface area (Å²) in [5.41, 5.74) is 2.35. The molecule has 1 heterocycles. The standard InChI is InChI=1S/C26H34N4O5/c1-4-13-30(25(32)19-34-2)18-24(31)27-21-7-9-22(10-8-21)28-14-16-29(17-15-28)26(33)20-5-11-23(35-3)12-6-20/h5-12H,4,13-19H2,1-3H3,(H,27,31). The number of piperazine rings is 1. The predicted molar refractivity (Wildman–Crippen MR) is 135 cm³/mol. The van der Waals surface area contributed by atoms with Crippen molar-refractivity contribution in [2.45, 2.75) is 13.3 Å². The van der Waals surface area contributed by atoms with Crippen molar-refractivity contribution in [2.75, 3.05) is 70.3 Å². The highest BCUT2D eigenvalue weighted by Crippen LogP contribution is 2.21. The number of nitrogens with one attached hydrogen (secondary N) is 1. The minimum atomic E-state index is -0.249. The van der Waals surface area contributed by atoms with Crippen LogP contribution in [-0.4, -0.2) is 87.6 Å². The summed E-state index contributed by atoms with van der Waals surface area (Å²) in [5.74, 6) is 0.293. The molecule has 3 amide bonds. The molecule has 3 rings (SSSR count). The molecule has 2 aromatic carbocycles. The van der Waals surface area contributed by atoms with E-state index >= 15 is 0 Å². The third-order valence-electron chi connectivity index (χ3n) is 5.87. The maximum Gasteiger partial charge on any atom is 0.253 e. The van der Waals surface area contributed by atoms with Gasteiger partial charge in [-0.1, -0.05) is 6.92 Å². The fourth-order valence-corrected chi connectivity index (χ4v) is 3.99. The van der Waals surface area contributed by atoms with E-state index in [1.54, 1.807) is 31.4 Å². The summed E-state index contributed by atoms with van der Waals surface area (Å²) in [5, 5.41) is 2.85. The van der Waals surface area contributed by atoms with Gasteiger partial charge >= 0.3 is 0 Å². The molecule has 1 aliphatic heterocycles. The highest BCUT2D eigenvalue weighted by Gasteiger charge is 2.22. The van der Waals surface area contributed by atoms with Gasteiger partial charge in [0.15, 0.2) is 0 Å². The van der Waals surface area contributed by atoms with Gasteiger partial charge in [0.05, 0.1) is 13.7 Å². The molecule has 35 heavy (non-hydrogen) atoms. The zero-order chi connectivity index (χ0) is 25.2. The van der Waals surface area contributed by atoms with E-state index in [0.717, 1.165) is 30.9 Å². The van der Waals surface area contributed by atoms with Gasteiger partial charge in [-0.3, -0.25) is 14.4 Å². The molecule has 1 fully saturated rings. The monoisotopic (exact) mass is 482 g/mol. The lowest BCUT2D eigenvalue weighted by atomic mass is 10.1. The first-order chi connectivity index (χ1) is 16.9. The smallest absolute Gasteiger partial charge is 0.253 e. The number of benzene rings is 2. The van der Waals surface area contributed by atoms with Crippen LogP contribution in [0.5, 0.6) is 5.75 Å². The number of hydrogen-bond donors (Lipinski definition) is 1. The van der Waals surface area contributed by atoms with E-state index in [0.29, 0.717) is 30.9 Å². The van der Waals surface area contributed by atoms with E-state index < -0.39 is 0 Å². The van der Waals surface area contributed by atoms with E-state index in [1.165, 1.54) is 12.0 Å². The number of anilines is 2. The first-order valence-corrected chi connectivity index (χ1v) is 11.8. The van der Waals surface area contributed by atoms with Gasteiger partial charge in [0, 0.05) is 56.8 Å². The summed E-state index contributed by atoms with van der Waals surface area (Å²) < 4.78 is 10.1. The average Bonchev–Trinajstić information content (AvgIpc) is 2.89. The molecule has 1 aliphatic rings. The fraction of sp³-hybridized carbons (Fsp3) is 0.423. The Labute approximate surface area is 206 Å². The maximum atomic E-state index is 12.8. The number of nitrogens with zero attached hydrogens (tertiary/aromatic N) is 3. The van der Waals surface area contributed by atoms with Crippen LogP contribution in [0.1, 0.15) is 23.7 Å². The molecule has 2 aromatic rings. The SMILES string of the molecule is CCCN(CC(=O)Nc1ccc(N2CCN(C(=O)c3ccc(OC)cc3)CC2)cc1)C(=O)COC. The molecule has 1 N–H and O–H groups in total. The Balaban J connectivity index is 1.50. The van der Waals surface area contributed by atoms with Gasteiger partial charge in [0.1, 0.15) is 12.4 Å². The van der Waals surface area contributed by atoms with Crippen LogP contribution in [0.4, 0.5) is 11.4 Å². The van der Waals surface area contributed by atoms with Crippen molar-refractivity contribution >= 4 is 29.1 Å². The van der Waals surface area contributed by atoms with Gasteiger partial charge in [-0.15, -0.1) is 0 Å². The first-order valence-electron chi connectivity index (χ1n) is 11.8. The summed E-state index contributed by atoms with van der Waals surface area (Å²) in [6.07, 6.45) is 0.760. The topological polar surface area (TPSA) is 91.4 Å². The molecule has 0 bridgehead atoms. The van der Waals surface area contributed by atoms with Crippen molar-refractivity contribution in [3.05, 3.63) is 54.1 Å². The zero-order valence-electron chi connectivity index (χ0n) is 20.7. The first kappa shape index (κ1) is 26.0. The molecule has 9 nitrogen and oxygen atoms in total. The Morgan fingerprint density at radius 2 is 1.60 bits per heavy atom. The third kappa shape index (κ3) is 7.19. The average molecular weight is 483 g/mol. The predicted octanol–water partition coefficient (Wildman–Crippen LogP) is 2.48. The van der Waals surface area contributed by atoms with E-state index in [2.05, 4.69) is 10.2 Å². The molecule has 0 spiro atoms. The third-order valence-corrected chi connectivity index (χ3v) is 5.87. The summed E-state index contributed by atoms with van der Waals surface area (Å²) in [4.78, 5) is 42.9. The largest absolute Gasteiger partial charge is 0.497 e. The Morgan fingerprint density at radius 1 is 0.943 bits per heavy atom. The van der Waals surface area contributed by atoms with E-state index in [4.69, 9.17) is 9.47 Å². The Morgan fingerprint density at radius 3 is 2.17 bits per heavy atom. The summed E-state index contributed by atoms with van der Waals surface area (Å²) >= 11 is 0. The number of ether oxygens (including phenoxy) is 2. The van der Waals surface area contributed by atoms with Crippen LogP contribution in [0, 0.1) is 0 Å². The highest BCUT2D eigenvalue weighted by molar-refractivity contribution is 5.95. The molecule has 1 saturated heterocycles. The molecule has 0 aromatic heterocycles. The van der Waals surface area contributed by atoms with Gasteiger partial charge in [0.25, 0.3) is 5.91 Å². The van der Waals surface area contributed by atoms with E-state index in [1.807, 2.05) is 36.1 Å². The van der Waals surface area contributed by atoms with Crippen molar-refractivity contribution in [1.29, 1.82) is 0 Å².